The van der Waals surface area contributed by atoms with Gasteiger partial charge in [-0.1, -0.05) is 49.6 Å². The fourth-order valence-corrected chi connectivity index (χ4v) is 7.39. The average Bonchev–Trinajstić information content (AvgIpc) is 3.24. The van der Waals surface area contributed by atoms with Crippen LogP contribution in [0.3, 0.4) is 0 Å². The maximum absolute atomic E-state index is 13.7. The van der Waals surface area contributed by atoms with Gasteiger partial charge in [0.05, 0.1) is 16.8 Å². The molecule has 0 N–H and O–H groups in total. The van der Waals surface area contributed by atoms with Crippen molar-refractivity contribution in [3.63, 3.8) is 0 Å². The number of alkyl halides is 2. The van der Waals surface area contributed by atoms with Gasteiger partial charge in [0.15, 0.2) is 5.78 Å². The van der Waals surface area contributed by atoms with Crippen LogP contribution in [0.2, 0.25) is 0 Å². The quantitative estimate of drug-likeness (QED) is 0.0743. The average molecular weight is 763 g/mol. The summed E-state index contributed by atoms with van der Waals surface area (Å²) in [5.41, 5.74) is 0.570. The summed E-state index contributed by atoms with van der Waals surface area (Å²) >= 11 is 7.05. The molecule has 0 spiro atoms. The molecule has 1 saturated carbocycles. The fourth-order valence-electron chi connectivity index (χ4n) is 5.23. The number of carbonyl (C=O) groups is 4. The topological polar surface area (TPSA) is 161 Å². The molecule has 0 aromatic heterocycles. The van der Waals surface area contributed by atoms with Crippen molar-refractivity contribution in [2.75, 3.05) is 6.54 Å². The van der Waals surface area contributed by atoms with E-state index in [4.69, 9.17) is 4.18 Å². The molecular weight excluding hydrogens is 738 g/mol. The molecule has 12 nitrogen and oxygen atoms in total. The van der Waals surface area contributed by atoms with Crippen molar-refractivity contribution in [1.82, 2.24) is 10.0 Å². The van der Waals surface area contributed by atoms with Crippen molar-refractivity contribution in [2.45, 2.75) is 34.3 Å². The van der Waals surface area contributed by atoms with E-state index in [9.17, 15) is 37.7 Å². The third kappa shape index (κ3) is 6.70. The van der Waals surface area contributed by atoms with Gasteiger partial charge in [-0.2, -0.15) is 13.4 Å². The van der Waals surface area contributed by atoms with E-state index in [0.29, 0.717) is 17.9 Å². The number of rotatable bonds is 9. The second-order valence-electron chi connectivity index (χ2n) is 10.7. The number of nitro groups is 1. The third-order valence-corrected chi connectivity index (χ3v) is 11.7. The van der Waals surface area contributed by atoms with Gasteiger partial charge in [0, 0.05) is 32.9 Å². The van der Waals surface area contributed by atoms with Crippen molar-refractivity contribution in [3.05, 3.63) is 99.6 Å². The largest absolute Gasteiger partial charge is 0.379 e. The number of halogens is 2. The van der Waals surface area contributed by atoms with Crippen molar-refractivity contribution in [1.29, 1.82) is 0 Å². The Morgan fingerprint density at radius 2 is 1.40 bits per heavy atom. The number of amides is 3. The van der Waals surface area contributed by atoms with Gasteiger partial charge in [0.25, 0.3) is 23.4 Å². The van der Waals surface area contributed by atoms with Crippen LogP contribution in [-0.2, 0) is 19.7 Å². The van der Waals surface area contributed by atoms with Gasteiger partial charge in [-0.3, -0.25) is 29.3 Å². The van der Waals surface area contributed by atoms with Crippen LogP contribution in [0, 0.1) is 28.9 Å². The first-order valence-electron chi connectivity index (χ1n) is 13.6. The van der Waals surface area contributed by atoms with Crippen LogP contribution in [0.1, 0.15) is 39.1 Å². The number of benzene rings is 3. The van der Waals surface area contributed by atoms with Gasteiger partial charge < -0.3 is 4.18 Å². The lowest BCUT2D eigenvalue weighted by Gasteiger charge is -2.30. The van der Waals surface area contributed by atoms with Gasteiger partial charge in [-0.05, 0) is 68.3 Å². The first-order chi connectivity index (χ1) is 21.3. The number of imide groups is 1. The number of nitrogens with zero attached hydrogens (tertiary/aromatic N) is 3. The summed E-state index contributed by atoms with van der Waals surface area (Å²) in [6.45, 7) is 1.09. The lowest BCUT2D eigenvalue weighted by atomic mass is 9.81. The molecule has 3 aromatic rings. The normalized spacial score (nSPS) is 21.3. The third-order valence-electron chi connectivity index (χ3n) is 7.67. The molecule has 1 heterocycles. The highest BCUT2D eigenvalue weighted by Gasteiger charge is 2.54. The molecule has 0 bridgehead atoms. The van der Waals surface area contributed by atoms with Gasteiger partial charge >= 0.3 is 10.1 Å². The minimum atomic E-state index is -4.14. The van der Waals surface area contributed by atoms with Crippen LogP contribution in [-0.4, -0.2) is 63.1 Å². The number of hydrogen-bond acceptors (Lipinski definition) is 9. The van der Waals surface area contributed by atoms with E-state index < -0.39 is 56.9 Å². The molecule has 5 rings (SSSR count). The molecule has 45 heavy (non-hydrogen) atoms. The minimum absolute atomic E-state index is 0.0494. The molecule has 1 aliphatic carbocycles. The molecule has 3 amide bonds. The number of ketones is 1. The van der Waals surface area contributed by atoms with E-state index in [2.05, 4.69) is 31.9 Å². The molecular formula is C30H25Br2N3O9S. The zero-order valence-electron chi connectivity index (χ0n) is 23.5. The Morgan fingerprint density at radius 1 is 0.889 bits per heavy atom. The van der Waals surface area contributed by atoms with Gasteiger partial charge in [-0.25, -0.2) is 5.01 Å². The number of carbonyl (C=O) groups excluding carboxylic acids is 4. The maximum atomic E-state index is 13.7. The number of non-ortho nitro benzene ring substituents is 1. The molecule has 2 aliphatic rings. The smallest absolute Gasteiger partial charge is 0.339 e. The van der Waals surface area contributed by atoms with Crippen LogP contribution in [0.5, 0.6) is 5.75 Å². The zero-order chi connectivity index (χ0) is 32.6. The van der Waals surface area contributed by atoms with Crippen molar-refractivity contribution < 1.29 is 36.7 Å². The molecule has 3 aromatic carbocycles. The number of hydrogen-bond donors (Lipinski definition) is 0. The maximum Gasteiger partial charge on any atom is 0.339 e. The Morgan fingerprint density at radius 3 is 1.91 bits per heavy atom. The summed E-state index contributed by atoms with van der Waals surface area (Å²) in [4.78, 5) is 64.5. The number of aryl methyl sites for hydroxylation is 1. The van der Waals surface area contributed by atoms with E-state index in [0.717, 1.165) is 22.7 Å². The summed E-state index contributed by atoms with van der Waals surface area (Å²) in [5, 5.41) is 12.6. The predicted octanol–water partition coefficient (Wildman–Crippen LogP) is 4.83. The van der Waals surface area contributed by atoms with Crippen LogP contribution in [0.15, 0.2) is 77.7 Å². The molecule has 0 unspecified atom stereocenters. The molecule has 234 valence electrons. The van der Waals surface area contributed by atoms with E-state index >= 15 is 0 Å². The highest BCUT2D eigenvalue weighted by Crippen LogP contribution is 2.43. The predicted molar refractivity (Wildman–Crippen MR) is 167 cm³/mol. The highest BCUT2D eigenvalue weighted by molar-refractivity contribution is 9.12. The second-order valence-corrected chi connectivity index (χ2v) is 14.6. The first-order valence-corrected chi connectivity index (χ1v) is 16.9. The summed E-state index contributed by atoms with van der Waals surface area (Å²) < 4.78 is 30.5. The minimum Gasteiger partial charge on any atom is -0.379 e. The zero-order valence-corrected chi connectivity index (χ0v) is 27.5. The molecule has 2 fully saturated rings. The summed E-state index contributed by atoms with van der Waals surface area (Å²) in [7, 11) is -4.14. The highest BCUT2D eigenvalue weighted by atomic mass is 79.9. The van der Waals surface area contributed by atoms with Crippen LogP contribution < -0.4 is 4.18 Å². The molecule has 15 heteroatoms. The molecule has 0 radical (unpaired) electrons. The van der Waals surface area contributed by atoms with Crippen molar-refractivity contribution in [2.24, 2.45) is 11.8 Å². The van der Waals surface area contributed by atoms with E-state index in [-0.39, 0.29) is 37.1 Å². The fraction of sp³-hybridized carbons (Fsp3) is 0.267. The lowest BCUT2D eigenvalue weighted by molar-refractivity contribution is -0.384. The van der Waals surface area contributed by atoms with E-state index in [1.165, 1.54) is 48.5 Å². The molecule has 1 saturated heterocycles. The van der Waals surface area contributed by atoms with Crippen LogP contribution in [0.25, 0.3) is 0 Å². The molecule has 1 aliphatic heterocycles. The van der Waals surface area contributed by atoms with Gasteiger partial charge in [-0.15, -0.1) is 0 Å². The Bertz CT molecular complexity index is 1750. The molecule has 4 atom stereocenters. The summed E-state index contributed by atoms with van der Waals surface area (Å²) in [5.74, 6) is -4.26. The van der Waals surface area contributed by atoms with E-state index in [1.807, 2.05) is 6.92 Å². The van der Waals surface area contributed by atoms with E-state index in [1.54, 1.807) is 12.1 Å². The van der Waals surface area contributed by atoms with Crippen LogP contribution in [0.4, 0.5) is 5.69 Å². The number of Topliss-reactive ketones (excluding diaryl/α,β-unsaturated/α-hetero) is 1. The Labute approximate surface area is 274 Å². The second kappa shape index (κ2) is 12.8. The van der Waals surface area contributed by atoms with Gasteiger partial charge in [0.1, 0.15) is 17.2 Å². The van der Waals surface area contributed by atoms with Crippen molar-refractivity contribution in [3.8, 4) is 5.75 Å². The monoisotopic (exact) mass is 761 g/mol. The number of nitro benzene ring substituents is 1. The summed E-state index contributed by atoms with van der Waals surface area (Å²) in [6.07, 6.45) is 0.671. The number of fused-ring (bicyclic) bond motifs is 1. The Kier molecular flexibility index (Phi) is 9.23. The summed E-state index contributed by atoms with van der Waals surface area (Å²) in [6, 6.07) is 15.8. The number of hydrazine groups is 1. The standard InChI is InChI=1S/C30H25Br2N3O9S/c1-17-2-12-22(13-3-17)45(42,43)44-21-10-6-18(7-11-21)27(36)16-33(28(37)19-4-8-20(9-5-19)35(40)41)34-29(38)23-14-25(31)26(32)15-24(23)30(34)39/h2-13,23-26H,14-16H2,1H3/t23-,24-,25+,26+/m1/s1. The lowest BCUT2D eigenvalue weighted by Crippen LogP contribution is -2.52. The SMILES string of the molecule is Cc1ccc(S(=O)(=O)Oc2ccc(C(=O)CN(C(=O)c3ccc([N+](=O)[O-])cc3)N3C(=O)[C@@H]4C[C@H](Br)[C@@H](Br)C[C@H]4C3=O)cc2)cc1. The van der Waals surface area contributed by atoms with Gasteiger partial charge in [0.2, 0.25) is 0 Å². The first kappa shape index (κ1) is 32.4. The van der Waals surface area contributed by atoms with Crippen molar-refractivity contribution >= 4 is 71.2 Å². The Hall–Kier alpha value is -3.95. The Balaban J connectivity index is 1.41. The van der Waals surface area contributed by atoms with Crippen LogP contribution >= 0.6 is 31.9 Å².